The smallest absolute Gasteiger partial charge is 0.229 e. The van der Waals surface area contributed by atoms with Crippen molar-refractivity contribution >= 4 is 48.4 Å². The van der Waals surface area contributed by atoms with E-state index in [9.17, 15) is 13.2 Å². The lowest BCUT2D eigenvalue weighted by Crippen LogP contribution is -2.49. The first kappa shape index (κ1) is 19.6. The molecule has 0 aliphatic carbocycles. The van der Waals surface area contributed by atoms with Crippen LogP contribution in [0.4, 0.5) is 10.8 Å². The summed E-state index contributed by atoms with van der Waals surface area (Å²) >= 11 is 1.57. The van der Waals surface area contributed by atoms with Crippen molar-refractivity contribution in [2.24, 2.45) is 0 Å². The molecule has 10 heteroatoms. The van der Waals surface area contributed by atoms with Crippen molar-refractivity contribution in [3.8, 4) is 0 Å². The van der Waals surface area contributed by atoms with Crippen LogP contribution in [-0.4, -0.2) is 61.6 Å². The van der Waals surface area contributed by atoms with Crippen molar-refractivity contribution in [3.05, 3.63) is 48.2 Å². The highest BCUT2D eigenvalue weighted by Crippen LogP contribution is 2.27. The Morgan fingerprint density at radius 1 is 1.14 bits per heavy atom. The highest BCUT2D eigenvalue weighted by atomic mass is 32.2. The molecule has 0 radical (unpaired) electrons. The average molecular weight is 432 g/mol. The molecule has 2 aromatic heterocycles. The van der Waals surface area contributed by atoms with Gasteiger partial charge in [0.15, 0.2) is 5.13 Å². The molecule has 4 rings (SSSR count). The van der Waals surface area contributed by atoms with Crippen molar-refractivity contribution < 1.29 is 13.2 Å². The summed E-state index contributed by atoms with van der Waals surface area (Å²) in [5, 5.41) is 0.944. The molecule has 1 N–H and O–H groups in total. The van der Waals surface area contributed by atoms with Gasteiger partial charge in [-0.3, -0.25) is 9.52 Å². The maximum atomic E-state index is 12.6. The Morgan fingerprint density at radius 3 is 2.52 bits per heavy atom. The summed E-state index contributed by atoms with van der Waals surface area (Å²) in [6, 6.07) is 10.7. The number of nitrogens with one attached hydrogen (secondary N) is 1. The minimum Gasteiger partial charge on any atom is -0.344 e. The number of rotatable bonds is 5. The van der Waals surface area contributed by atoms with Gasteiger partial charge in [0, 0.05) is 38.1 Å². The minimum atomic E-state index is -3.31. The van der Waals surface area contributed by atoms with Gasteiger partial charge in [-0.25, -0.2) is 18.4 Å². The second-order valence-corrected chi connectivity index (χ2v) is 9.64. The van der Waals surface area contributed by atoms with E-state index in [0.717, 1.165) is 40.4 Å². The molecule has 8 nitrogen and oxygen atoms in total. The zero-order valence-corrected chi connectivity index (χ0v) is 17.5. The standard InChI is InChI=1S/C19H21N5O3S2/c1-29(26,27)22-15-6-4-14(5-7-15)13-17(25)23-9-11-24(12-10-23)19-21-16-3-2-8-20-18(16)28-19/h2-8,22H,9-13H2,1H3. The summed E-state index contributed by atoms with van der Waals surface area (Å²) in [5.74, 6) is 0.0689. The zero-order chi connectivity index (χ0) is 20.4. The van der Waals surface area contributed by atoms with E-state index in [1.165, 1.54) is 0 Å². The Morgan fingerprint density at radius 2 is 1.86 bits per heavy atom. The number of thiazole rings is 1. The molecular weight excluding hydrogens is 410 g/mol. The quantitative estimate of drug-likeness (QED) is 0.664. The van der Waals surface area contributed by atoms with Gasteiger partial charge in [0.05, 0.1) is 12.7 Å². The topological polar surface area (TPSA) is 95.5 Å². The molecule has 1 saturated heterocycles. The number of pyridine rings is 1. The van der Waals surface area contributed by atoms with Gasteiger partial charge in [0.2, 0.25) is 15.9 Å². The van der Waals surface area contributed by atoms with Crippen molar-refractivity contribution in [3.63, 3.8) is 0 Å². The van der Waals surface area contributed by atoms with Gasteiger partial charge in [0.1, 0.15) is 10.3 Å². The van der Waals surface area contributed by atoms with Gasteiger partial charge in [-0.05, 0) is 29.8 Å². The molecule has 0 spiro atoms. The number of anilines is 2. The molecule has 152 valence electrons. The Hall–Kier alpha value is -2.72. The van der Waals surface area contributed by atoms with E-state index in [-0.39, 0.29) is 5.91 Å². The summed E-state index contributed by atoms with van der Waals surface area (Å²) in [4.78, 5) is 26.6. The van der Waals surface area contributed by atoms with Gasteiger partial charge in [-0.2, -0.15) is 0 Å². The molecule has 0 atom stereocenters. The first-order valence-corrected chi connectivity index (χ1v) is 11.9. The van der Waals surface area contributed by atoms with Crippen LogP contribution in [0, 0.1) is 0 Å². The number of aromatic nitrogens is 2. The van der Waals surface area contributed by atoms with Crippen molar-refractivity contribution in [1.82, 2.24) is 14.9 Å². The fraction of sp³-hybridized carbons (Fsp3) is 0.316. The number of hydrogen-bond donors (Lipinski definition) is 1. The van der Waals surface area contributed by atoms with Crippen LogP contribution in [0.3, 0.4) is 0 Å². The molecule has 1 aromatic carbocycles. The van der Waals surface area contributed by atoms with Crippen molar-refractivity contribution in [2.45, 2.75) is 6.42 Å². The fourth-order valence-corrected chi connectivity index (χ4v) is 4.76. The summed E-state index contributed by atoms with van der Waals surface area (Å²) in [5.41, 5.74) is 2.25. The van der Waals surface area contributed by atoms with E-state index in [0.29, 0.717) is 25.2 Å². The lowest BCUT2D eigenvalue weighted by Gasteiger charge is -2.34. The largest absolute Gasteiger partial charge is 0.344 e. The SMILES string of the molecule is CS(=O)(=O)Nc1ccc(CC(=O)N2CCN(c3nc4cccnc4s3)CC2)cc1. The number of fused-ring (bicyclic) bond motifs is 1. The zero-order valence-electron chi connectivity index (χ0n) is 15.9. The van der Waals surface area contributed by atoms with Crippen LogP contribution in [-0.2, 0) is 21.2 Å². The Kier molecular flexibility index (Phi) is 5.37. The third kappa shape index (κ3) is 4.83. The molecule has 3 aromatic rings. The molecule has 3 heterocycles. The van der Waals surface area contributed by atoms with Crippen LogP contribution in [0.25, 0.3) is 10.3 Å². The number of carbonyl (C=O) groups is 1. The van der Waals surface area contributed by atoms with Crippen LogP contribution in [0.1, 0.15) is 5.56 Å². The van der Waals surface area contributed by atoms with Crippen LogP contribution in [0.15, 0.2) is 42.6 Å². The highest BCUT2D eigenvalue weighted by molar-refractivity contribution is 7.92. The van der Waals surface area contributed by atoms with E-state index < -0.39 is 10.0 Å². The Balaban J connectivity index is 1.33. The Labute approximate surface area is 173 Å². The van der Waals surface area contributed by atoms with E-state index in [2.05, 4.69) is 19.6 Å². The number of nitrogens with zero attached hydrogens (tertiary/aromatic N) is 4. The van der Waals surface area contributed by atoms with Crippen LogP contribution in [0.5, 0.6) is 0 Å². The summed E-state index contributed by atoms with van der Waals surface area (Å²) < 4.78 is 25.0. The number of piperazine rings is 1. The van der Waals surface area contributed by atoms with Crippen LogP contribution >= 0.6 is 11.3 Å². The van der Waals surface area contributed by atoms with E-state index in [4.69, 9.17) is 0 Å². The fourth-order valence-electron chi connectivity index (χ4n) is 3.23. The molecule has 1 aliphatic rings. The summed E-state index contributed by atoms with van der Waals surface area (Å²) in [6.07, 6.45) is 3.17. The lowest BCUT2D eigenvalue weighted by molar-refractivity contribution is -0.130. The molecule has 29 heavy (non-hydrogen) atoms. The molecule has 1 aliphatic heterocycles. The first-order chi connectivity index (χ1) is 13.9. The molecule has 0 unspecified atom stereocenters. The summed E-state index contributed by atoms with van der Waals surface area (Å²) in [7, 11) is -3.31. The number of amides is 1. The minimum absolute atomic E-state index is 0.0689. The number of benzene rings is 1. The summed E-state index contributed by atoms with van der Waals surface area (Å²) in [6.45, 7) is 2.78. The van der Waals surface area contributed by atoms with Gasteiger partial charge < -0.3 is 9.80 Å². The van der Waals surface area contributed by atoms with Gasteiger partial charge in [-0.15, -0.1) is 0 Å². The molecule has 0 bridgehead atoms. The first-order valence-electron chi connectivity index (χ1n) is 9.18. The average Bonchev–Trinajstić information content (AvgIpc) is 3.13. The molecule has 1 fully saturated rings. The lowest BCUT2D eigenvalue weighted by atomic mass is 10.1. The molecular formula is C19H21N5O3S2. The number of hydrogen-bond acceptors (Lipinski definition) is 7. The maximum Gasteiger partial charge on any atom is 0.229 e. The van der Waals surface area contributed by atoms with Gasteiger partial charge in [0.25, 0.3) is 0 Å². The molecule has 1 amide bonds. The second kappa shape index (κ2) is 7.96. The maximum absolute atomic E-state index is 12.6. The monoisotopic (exact) mass is 431 g/mol. The number of sulfonamides is 1. The van der Waals surface area contributed by atoms with E-state index in [1.807, 2.05) is 17.0 Å². The van der Waals surface area contributed by atoms with Gasteiger partial charge in [-0.1, -0.05) is 23.5 Å². The van der Waals surface area contributed by atoms with Crippen molar-refractivity contribution in [2.75, 3.05) is 42.1 Å². The highest BCUT2D eigenvalue weighted by Gasteiger charge is 2.23. The van der Waals surface area contributed by atoms with E-state index in [1.54, 1.807) is 41.8 Å². The second-order valence-electron chi connectivity index (χ2n) is 6.94. The number of carbonyl (C=O) groups excluding carboxylic acids is 1. The predicted octanol–water partition coefficient (Wildman–Crippen LogP) is 1.95. The predicted molar refractivity (Wildman–Crippen MR) is 115 cm³/mol. The molecule has 0 saturated carbocycles. The van der Waals surface area contributed by atoms with Crippen LogP contribution in [0.2, 0.25) is 0 Å². The van der Waals surface area contributed by atoms with Gasteiger partial charge >= 0.3 is 0 Å². The van der Waals surface area contributed by atoms with E-state index >= 15 is 0 Å². The Bertz CT molecular complexity index is 1090. The third-order valence-electron chi connectivity index (χ3n) is 4.67. The third-order valence-corrected chi connectivity index (χ3v) is 6.32. The van der Waals surface area contributed by atoms with Crippen molar-refractivity contribution in [1.29, 1.82) is 0 Å². The van der Waals surface area contributed by atoms with Crippen LogP contribution < -0.4 is 9.62 Å². The normalized spacial score (nSPS) is 14.9.